The zero-order chi connectivity index (χ0) is 15.7. The number of nitrogens with one attached hydrogen (secondary N) is 1. The maximum absolute atomic E-state index is 12.6. The summed E-state index contributed by atoms with van der Waals surface area (Å²) in [6.07, 6.45) is 3.60. The monoisotopic (exact) mass is 359 g/mol. The fourth-order valence-electron chi connectivity index (χ4n) is 2.80. The second-order valence-electron chi connectivity index (χ2n) is 5.95. The van der Waals surface area contributed by atoms with E-state index in [0.29, 0.717) is 18.7 Å². The minimum absolute atomic E-state index is 0. The molecule has 1 aromatic carbocycles. The highest BCUT2D eigenvalue weighted by Gasteiger charge is 2.30. The van der Waals surface area contributed by atoms with Gasteiger partial charge in [-0.2, -0.15) is 0 Å². The van der Waals surface area contributed by atoms with Gasteiger partial charge in [-0.1, -0.05) is 6.07 Å². The third-order valence-corrected chi connectivity index (χ3v) is 5.72. The molecule has 0 aromatic heterocycles. The van der Waals surface area contributed by atoms with Gasteiger partial charge in [-0.25, -0.2) is 13.1 Å². The predicted molar refractivity (Wildman–Crippen MR) is 90.1 cm³/mol. The van der Waals surface area contributed by atoms with Crippen LogP contribution in [0, 0.1) is 0 Å². The van der Waals surface area contributed by atoms with Crippen LogP contribution in [0.5, 0.6) is 0 Å². The molecule has 0 radical (unpaired) electrons. The lowest BCUT2D eigenvalue weighted by molar-refractivity contribution is 0.0741. The number of carbonyl (C=O) groups excluding carboxylic acids is 1. The highest BCUT2D eigenvalue weighted by atomic mass is 35.5. The van der Waals surface area contributed by atoms with Crippen molar-refractivity contribution in [3.63, 3.8) is 0 Å². The molecular formula is C15H22ClN3O3S. The Balaban J connectivity index is 0.00000192. The predicted octanol–water partition coefficient (Wildman–Crippen LogP) is 1.11. The van der Waals surface area contributed by atoms with Gasteiger partial charge in [0.05, 0.1) is 4.90 Å². The number of halogens is 1. The molecule has 3 rings (SSSR count). The number of nitrogens with two attached hydrogens (primary N) is 1. The van der Waals surface area contributed by atoms with Crippen LogP contribution < -0.4 is 10.5 Å². The van der Waals surface area contributed by atoms with E-state index in [0.717, 1.165) is 25.7 Å². The van der Waals surface area contributed by atoms with E-state index in [1.165, 1.54) is 12.1 Å². The van der Waals surface area contributed by atoms with E-state index in [1.54, 1.807) is 17.0 Å². The van der Waals surface area contributed by atoms with Crippen LogP contribution in [0.25, 0.3) is 0 Å². The lowest BCUT2D eigenvalue weighted by Crippen LogP contribution is -2.40. The fraction of sp³-hybridized carbons (Fsp3) is 0.533. The molecule has 128 valence electrons. The smallest absolute Gasteiger partial charge is 0.254 e. The highest BCUT2D eigenvalue weighted by Crippen LogP contribution is 2.24. The molecule has 8 heteroatoms. The van der Waals surface area contributed by atoms with Crippen LogP contribution in [0.1, 0.15) is 36.0 Å². The summed E-state index contributed by atoms with van der Waals surface area (Å²) in [5.74, 6) is -0.142. The van der Waals surface area contributed by atoms with Crippen LogP contribution in [0.2, 0.25) is 0 Å². The van der Waals surface area contributed by atoms with Crippen molar-refractivity contribution >= 4 is 28.3 Å². The molecule has 1 atom stereocenters. The molecule has 1 aliphatic heterocycles. The Morgan fingerprint density at radius 1 is 1.30 bits per heavy atom. The normalized spacial score (nSPS) is 21.1. The van der Waals surface area contributed by atoms with Crippen LogP contribution in [-0.4, -0.2) is 44.4 Å². The van der Waals surface area contributed by atoms with E-state index < -0.39 is 10.0 Å². The second-order valence-corrected chi connectivity index (χ2v) is 7.67. The van der Waals surface area contributed by atoms with E-state index in [9.17, 15) is 13.2 Å². The largest absolute Gasteiger partial charge is 0.334 e. The number of benzene rings is 1. The number of hydrogen-bond acceptors (Lipinski definition) is 4. The highest BCUT2D eigenvalue weighted by molar-refractivity contribution is 7.89. The molecule has 1 aromatic rings. The summed E-state index contributed by atoms with van der Waals surface area (Å²) in [5, 5.41) is 0. The third-order valence-electron chi connectivity index (χ3n) is 4.20. The van der Waals surface area contributed by atoms with Crippen molar-refractivity contribution in [1.29, 1.82) is 0 Å². The van der Waals surface area contributed by atoms with Crippen molar-refractivity contribution in [3.8, 4) is 0 Å². The molecule has 0 spiro atoms. The quantitative estimate of drug-likeness (QED) is 0.823. The van der Waals surface area contributed by atoms with Gasteiger partial charge in [-0.3, -0.25) is 4.79 Å². The van der Waals surface area contributed by atoms with Crippen molar-refractivity contribution in [2.24, 2.45) is 5.73 Å². The van der Waals surface area contributed by atoms with E-state index >= 15 is 0 Å². The molecule has 1 saturated heterocycles. The van der Waals surface area contributed by atoms with Crippen molar-refractivity contribution in [3.05, 3.63) is 29.8 Å². The van der Waals surface area contributed by atoms with Gasteiger partial charge in [-0.15, -0.1) is 12.4 Å². The summed E-state index contributed by atoms with van der Waals surface area (Å²) in [4.78, 5) is 14.5. The molecule has 1 amide bonds. The number of hydrogen-bond donors (Lipinski definition) is 2. The van der Waals surface area contributed by atoms with Gasteiger partial charge in [0.1, 0.15) is 0 Å². The topological polar surface area (TPSA) is 92.5 Å². The minimum atomic E-state index is -3.54. The van der Waals surface area contributed by atoms with Gasteiger partial charge in [0.25, 0.3) is 5.91 Å². The van der Waals surface area contributed by atoms with Gasteiger partial charge in [0, 0.05) is 30.7 Å². The standard InChI is InChI=1S/C15H21N3O3S.ClH/c16-10-13-4-2-8-18(13)15(19)11-3-1-5-14(9-11)22(20,21)17-12-6-7-12;/h1,3,5,9,12-13,17H,2,4,6-8,10,16H2;1H. The van der Waals surface area contributed by atoms with Crippen LogP contribution >= 0.6 is 12.4 Å². The fourth-order valence-corrected chi connectivity index (χ4v) is 4.15. The number of amides is 1. The number of carbonyl (C=O) groups is 1. The summed E-state index contributed by atoms with van der Waals surface area (Å²) in [6, 6.07) is 6.35. The summed E-state index contributed by atoms with van der Waals surface area (Å²) in [7, 11) is -3.54. The average molecular weight is 360 g/mol. The van der Waals surface area contributed by atoms with Gasteiger partial charge in [0.15, 0.2) is 0 Å². The summed E-state index contributed by atoms with van der Waals surface area (Å²) in [6.45, 7) is 1.12. The molecule has 1 saturated carbocycles. The Labute approximate surface area is 142 Å². The second kappa shape index (κ2) is 7.17. The van der Waals surface area contributed by atoms with Crippen molar-refractivity contribution in [1.82, 2.24) is 9.62 Å². The van der Waals surface area contributed by atoms with E-state index in [4.69, 9.17) is 5.73 Å². The van der Waals surface area contributed by atoms with E-state index in [1.807, 2.05) is 0 Å². The minimum Gasteiger partial charge on any atom is -0.334 e. The molecule has 6 nitrogen and oxygen atoms in total. The maximum Gasteiger partial charge on any atom is 0.254 e. The maximum atomic E-state index is 12.6. The Hall–Kier alpha value is -1.15. The van der Waals surface area contributed by atoms with Crippen molar-refractivity contribution in [2.45, 2.75) is 42.7 Å². The summed E-state index contributed by atoms with van der Waals surface area (Å²) >= 11 is 0. The molecule has 2 fully saturated rings. The van der Waals surface area contributed by atoms with Gasteiger partial charge >= 0.3 is 0 Å². The molecule has 1 unspecified atom stereocenters. The van der Waals surface area contributed by atoms with Gasteiger partial charge < -0.3 is 10.6 Å². The molecule has 0 bridgehead atoms. The van der Waals surface area contributed by atoms with Crippen molar-refractivity contribution in [2.75, 3.05) is 13.1 Å². The summed E-state index contributed by atoms with van der Waals surface area (Å²) in [5.41, 5.74) is 6.10. The lowest BCUT2D eigenvalue weighted by Gasteiger charge is -2.23. The first-order valence-corrected chi connectivity index (χ1v) is 9.13. The molecule has 1 heterocycles. The van der Waals surface area contributed by atoms with E-state index in [-0.39, 0.29) is 35.3 Å². The number of nitrogens with zero attached hydrogens (tertiary/aromatic N) is 1. The Morgan fingerprint density at radius 3 is 2.70 bits per heavy atom. The number of sulfonamides is 1. The Bertz CT molecular complexity index is 676. The zero-order valence-electron chi connectivity index (χ0n) is 12.8. The molecule has 3 N–H and O–H groups in total. The SMILES string of the molecule is Cl.NCC1CCCN1C(=O)c1cccc(S(=O)(=O)NC2CC2)c1. The summed E-state index contributed by atoms with van der Waals surface area (Å²) < 4.78 is 27.1. The first kappa shape index (κ1) is 18.2. The van der Waals surface area contributed by atoms with Crippen LogP contribution in [0.15, 0.2) is 29.2 Å². The number of likely N-dealkylation sites (tertiary alicyclic amines) is 1. The first-order valence-electron chi connectivity index (χ1n) is 7.65. The van der Waals surface area contributed by atoms with Crippen molar-refractivity contribution < 1.29 is 13.2 Å². The van der Waals surface area contributed by atoms with Gasteiger partial charge in [0.2, 0.25) is 10.0 Å². The lowest BCUT2D eigenvalue weighted by atomic mass is 10.1. The zero-order valence-corrected chi connectivity index (χ0v) is 14.4. The third kappa shape index (κ3) is 4.03. The molecule has 2 aliphatic rings. The van der Waals surface area contributed by atoms with Gasteiger partial charge in [-0.05, 0) is 43.9 Å². The Kier molecular flexibility index (Phi) is 5.67. The number of rotatable bonds is 5. The van der Waals surface area contributed by atoms with Crippen LogP contribution in [-0.2, 0) is 10.0 Å². The van der Waals surface area contributed by atoms with Crippen LogP contribution in [0.4, 0.5) is 0 Å². The first-order chi connectivity index (χ1) is 10.5. The van der Waals surface area contributed by atoms with Crippen LogP contribution in [0.3, 0.4) is 0 Å². The Morgan fingerprint density at radius 2 is 2.04 bits per heavy atom. The average Bonchev–Trinajstić information content (AvgIpc) is 3.18. The molecular weight excluding hydrogens is 338 g/mol. The molecule has 23 heavy (non-hydrogen) atoms. The molecule has 1 aliphatic carbocycles. The van der Waals surface area contributed by atoms with E-state index in [2.05, 4.69) is 4.72 Å².